The quantitative estimate of drug-likeness (QED) is 0.205. The molecule has 36 heavy (non-hydrogen) atoms. The minimum atomic E-state index is -4.47. The summed E-state index contributed by atoms with van der Waals surface area (Å²) in [6.07, 6.45) is -1.94. The van der Waals surface area contributed by atoms with Crippen molar-refractivity contribution >= 4 is 5.97 Å². The number of halogens is 3. The Balaban J connectivity index is 1.74. The van der Waals surface area contributed by atoms with E-state index in [9.17, 15) is 18.0 Å². The van der Waals surface area contributed by atoms with Gasteiger partial charge in [-0.1, -0.05) is 18.2 Å². The molecule has 0 bridgehead atoms. The molecule has 7 atom stereocenters. The number of benzene rings is 1. The Morgan fingerprint density at radius 3 is 2.56 bits per heavy atom. The first kappa shape index (κ1) is 28.4. The second-order valence-corrected chi connectivity index (χ2v) is 8.83. The Labute approximate surface area is 209 Å². The van der Waals surface area contributed by atoms with Gasteiger partial charge < -0.3 is 28.4 Å². The maximum atomic E-state index is 13.1. The molecule has 0 aromatic heterocycles. The van der Waals surface area contributed by atoms with Crippen LogP contribution in [0.3, 0.4) is 0 Å². The van der Waals surface area contributed by atoms with Crippen molar-refractivity contribution in [2.24, 2.45) is 11.8 Å². The largest absolute Gasteiger partial charge is 0.491 e. The first-order valence-corrected chi connectivity index (χ1v) is 12.3. The molecule has 1 aliphatic heterocycles. The van der Waals surface area contributed by atoms with E-state index in [1.54, 1.807) is 13.0 Å². The second kappa shape index (κ2) is 12.9. The van der Waals surface area contributed by atoms with Crippen LogP contribution in [0.5, 0.6) is 5.75 Å². The molecule has 1 aromatic carbocycles. The van der Waals surface area contributed by atoms with Crippen LogP contribution in [0.25, 0.3) is 0 Å². The van der Waals surface area contributed by atoms with Crippen LogP contribution >= 0.6 is 0 Å². The van der Waals surface area contributed by atoms with Crippen molar-refractivity contribution in [3.8, 4) is 5.75 Å². The van der Waals surface area contributed by atoms with E-state index in [0.717, 1.165) is 12.1 Å². The van der Waals surface area contributed by atoms with E-state index < -0.39 is 30.4 Å². The first-order valence-electron chi connectivity index (χ1n) is 12.3. The molecule has 202 valence electrons. The van der Waals surface area contributed by atoms with Crippen LogP contribution in [0, 0.1) is 11.8 Å². The van der Waals surface area contributed by atoms with Crippen molar-refractivity contribution in [3.63, 3.8) is 0 Å². The Kier molecular flexibility index (Phi) is 10.2. The average molecular weight is 517 g/mol. The Morgan fingerprint density at radius 1 is 1.14 bits per heavy atom. The van der Waals surface area contributed by atoms with Gasteiger partial charge in [0, 0.05) is 31.5 Å². The van der Waals surface area contributed by atoms with Crippen molar-refractivity contribution in [1.82, 2.24) is 0 Å². The Bertz CT molecular complexity index is 875. The van der Waals surface area contributed by atoms with Gasteiger partial charge >= 0.3 is 12.1 Å². The summed E-state index contributed by atoms with van der Waals surface area (Å²) in [5.74, 6) is -0.322. The fourth-order valence-corrected chi connectivity index (χ4v) is 4.68. The van der Waals surface area contributed by atoms with Crippen LogP contribution < -0.4 is 4.74 Å². The molecule has 1 heterocycles. The third-order valence-electron chi connectivity index (χ3n) is 6.21. The molecule has 1 aromatic rings. The highest BCUT2D eigenvalue weighted by Crippen LogP contribution is 2.44. The Hall–Kier alpha value is -2.14. The molecule has 1 saturated carbocycles. The van der Waals surface area contributed by atoms with Gasteiger partial charge in [0.25, 0.3) is 0 Å². The molecule has 2 fully saturated rings. The van der Waals surface area contributed by atoms with E-state index in [1.807, 2.05) is 26.8 Å². The molecule has 0 N–H and O–H groups in total. The molecule has 0 spiro atoms. The lowest BCUT2D eigenvalue weighted by Crippen LogP contribution is -2.29. The molecule has 10 heteroatoms. The molecule has 1 aliphatic carbocycles. The minimum absolute atomic E-state index is 0.0354. The van der Waals surface area contributed by atoms with Crippen molar-refractivity contribution in [2.45, 2.75) is 77.6 Å². The van der Waals surface area contributed by atoms with Gasteiger partial charge in [0.15, 0.2) is 12.6 Å². The fourth-order valence-electron chi connectivity index (χ4n) is 4.68. The zero-order valence-corrected chi connectivity index (χ0v) is 21.0. The van der Waals surface area contributed by atoms with Crippen LogP contribution in [0.1, 0.15) is 46.1 Å². The standard InChI is InChI=1S/C26H35F3O7/c1-5-31-16(3)34-20(15-33-19-9-7-8-18(12-19)26(27,28)29)10-11-21-22-13-25(30)36-24(22)14-23(21)35-17(4)32-6-2/h7-12,16-17,20-24H,5-6,13-15H2,1-4H3/b11-10+/t16?,17?,20-,21-,22-,23-,24+/m1/s1. The zero-order chi connectivity index (χ0) is 26.3. The number of hydrogen-bond donors (Lipinski definition) is 0. The van der Waals surface area contributed by atoms with E-state index in [2.05, 4.69) is 0 Å². The number of hydrogen-bond acceptors (Lipinski definition) is 7. The highest BCUT2D eigenvalue weighted by molar-refractivity contribution is 5.72. The number of alkyl halides is 3. The lowest BCUT2D eigenvalue weighted by molar-refractivity contribution is -0.166. The topological polar surface area (TPSA) is 72.5 Å². The maximum absolute atomic E-state index is 13.1. The number of ether oxygens (including phenoxy) is 6. The summed E-state index contributed by atoms with van der Waals surface area (Å²) in [6.45, 7) is 8.18. The molecule has 2 aliphatic rings. The molecule has 7 nitrogen and oxygen atoms in total. The van der Waals surface area contributed by atoms with Crippen molar-refractivity contribution < 1.29 is 46.4 Å². The molecular weight excluding hydrogens is 481 g/mol. The average Bonchev–Trinajstić information content (AvgIpc) is 3.31. The summed E-state index contributed by atoms with van der Waals surface area (Å²) < 4.78 is 73.4. The minimum Gasteiger partial charge on any atom is -0.491 e. The van der Waals surface area contributed by atoms with Crippen molar-refractivity contribution in [3.05, 3.63) is 42.0 Å². The summed E-state index contributed by atoms with van der Waals surface area (Å²) >= 11 is 0. The molecule has 3 rings (SSSR count). The summed E-state index contributed by atoms with van der Waals surface area (Å²) in [5, 5.41) is 0. The number of esters is 1. The van der Waals surface area contributed by atoms with Crippen molar-refractivity contribution in [2.75, 3.05) is 19.8 Å². The molecule has 0 radical (unpaired) electrons. The van der Waals surface area contributed by atoms with Gasteiger partial charge in [-0.3, -0.25) is 4.79 Å². The number of carbonyl (C=O) groups excluding carboxylic acids is 1. The van der Waals surface area contributed by atoms with Crippen LogP contribution in [0.15, 0.2) is 36.4 Å². The lowest BCUT2D eigenvalue weighted by Gasteiger charge is -2.25. The van der Waals surface area contributed by atoms with Gasteiger partial charge in [-0.05, 0) is 45.9 Å². The van der Waals surface area contributed by atoms with Crippen molar-refractivity contribution in [1.29, 1.82) is 0 Å². The summed E-state index contributed by atoms with van der Waals surface area (Å²) in [6, 6.07) is 4.70. The predicted octanol–water partition coefficient (Wildman–Crippen LogP) is 5.13. The van der Waals surface area contributed by atoms with Gasteiger partial charge in [-0.15, -0.1) is 0 Å². The van der Waals surface area contributed by atoms with Gasteiger partial charge in [-0.2, -0.15) is 13.2 Å². The van der Waals surface area contributed by atoms with Crippen LogP contribution in [0.4, 0.5) is 13.2 Å². The van der Waals surface area contributed by atoms with Gasteiger partial charge in [0.2, 0.25) is 0 Å². The fraction of sp³-hybridized carbons (Fsp3) is 0.654. The number of fused-ring (bicyclic) bond motifs is 1. The molecular formula is C26H35F3O7. The van der Waals surface area contributed by atoms with E-state index in [1.165, 1.54) is 12.1 Å². The van der Waals surface area contributed by atoms with E-state index in [-0.39, 0.29) is 42.4 Å². The zero-order valence-electron chi connectivity index (χ0n) is 21.0. The SMILES string of the molecule is CCOC(C)O[C@H](/C=C/[C@@H]1[C@H]2CC(=O)O[C@H]2C[C@H]1OC(C)OCC)COc1cccc(C(F)(F)F)c1. The maximum Gasteiger partial charge on any atom is 0.416 e. The summed E-state index contributed by atoms with van der Waals surface area (Å²) in [7, 11) is 0. The van der Waals surface area contributed by atoms with E-state index >= 15 is 0 Å². The normalized spacial score (nSPS) is 26.6. The molecule has 1 saturated heterocycles. The Morgan fingerprint density at radius 2 is 1.86 bits per heavy atom. The summed E-state index contributed by atoms with van der Waals surface area (Å²) in [5.41, 5.74) is -0.790. The molecule has 2 unspecified atom stereocenters. The third kappa shape index (κ3) is 7.93. The highest BCUT2D eigenvalue weighted by atomic mass is 19.4. The predicted molar refractivity (Wildman–Crippen MR) is 124 cm³/mol. The van der Waals surface area contributed by atoms with Crippen LogP contribution in [-0.2, 0) is 34.7 Å². The van der Waals surface area contributed by atoms with Gasteiger partial charge in [0.1, 0.15) is 24.6 Å². The van der Waals surface area contributed by atoms with E-state index in [0.29, 0.717) is 26.1 Å². The number of rotatable bonds is 13. The van der Waals surface area contributed by atoms with Gasteiger partial charge in [0.05, 0.1) is 18.1 Å². The van der Waals surface area contributed by atoms with Gasteiger partial charge in [-0.25, -0.2) is 0 Å². The van der Waals surface area contributed by atoms with Crippen LogP contribution in [-0.4, -0.2) is 56.7 Å². The first-order chi connectivity index (χ1) is 17.1. The summed E-state index contributed by atoms with van der Waals surface area (Å²) in [4.78, 5) is 11.9. The second-order valence-electron chi connectivity index (χ2n) is 8.83. The van der Waals surface area contributed by atoms with Crippen LogP contribution in [0.2, 0.25) is 0 Å². The lowest BCUT2D eigenvalue weighted by atomic mass is 9.91. The molecule has 0 amide bonds. The number of carbonyl (C=O) groups is 1. The van der Waals surface area contributed by atoms with E-state index in [4.69, 9.17) is 28.4 Å². The highest BCUT2D eigenvalue weighted by Gasteiger charge is 2.50. The monoisotopic (exact) mass is 516 g/mol. The third-order valence-corrected chi connectivity index (χ3v) is 6.21. The smallest absolute Gasteiger partial charge is 0.416 e.